The van der Waals surface area contributed by atoms with Gasteiger partial charge in [0.2, 0.25) is 0 Å². The van der Waals surface area contributed by atoms with Gasteiger partial charge in [-0.15, -0.1) is 11.3 Å². The summed E-state index contributed by atoms with van der Waals surface area (Å²) < 4.78 is 2.69. The highest BCUT2D eigenvalue weighted by Crippen LogP contribution is 2.69. The molecule has 1 heteroatoms. The summed E-state index contributed by atoms with van der Waals surface area (Å²) in [6.45, 7) is 0. The van der Waals surface area contributed by atoms with Crippen LogP contribution < -0.4 is 0 Å². The van der Waals surface area contributed by atoms with Crippen LogP contribution in [-0.4, -0.2) is 0 Å². The fraction of sp³-hybridized carbons (Fsp3) is 0.0400. The van der Waals surface area contributed by atoms with Crippen molar-refractivity contribution in [2.75, 3.05) is 0 Å². The normalized spacial score (nSPS) is 18.7. The second-order valence-corrected chi connectivity index (χ2v) is 15.3. The first-order chi connectivity index (χ1) is 25.3. The minimum absolute atomic E-state index is 0.441. The second kappa shape index (κ2) is 9.82. The van der Waals surface area contributed by atoms with Crippen LogP contribution in [-0.2, 0) is 10.8 Å². The van der Waals surface area contributed by atoms with Gasteiger partial charge in [-0.1, -0.05) is 176 Å². The van der Waals surface area contributed by atoms with E-state index < -0.39 is 10.8 Å². The molecule has 0 fully saturated rings. The van der Waals surface area contributed by atoms with Crippen LogP contribution in [0.25, 0.3) is 53.6 Å². The van der Waals surface area contributed by atoms with E-state index in [1.165, 1.54) is 98.1 Å². The molecule has 0 saturated heterocycles. The first-order valence-corrected chi connectivity index (χ1v) is 18.7. The van der Waals surface area contributed by atoms with Crippen molar-refractivity contribution in [3.05, 3.63) is 226 Å². The molecule has 3 aliphatic rings. The van der Waals surface area contributed by atoms with E-state index in [1.807, 2.05) is 11.3 Å². The summed E-state index contributed by atoms with van der Waals surface area (Å²) in [5, 5.41) is 2.66. The van der Waals surface area contributed by atoms with Crippen LogP contribution in [0.15, 0.2) is 182 Å². The molecule has 236 valence electrons. The minimum atomic E-state index is -0.524. The van der Waals surface area contributed by atoms with Gasteiger partial charge in [0, 0.05) is 20.2 Å². The van der Waals surface area contributed by atoms with Gasteiger partial charge in [0.15, 0.2) is 0 Å². The third-order valence-electron chi connectivity index (χ3n) is 12.2. The zero-order valence-corrected chi connectivity index (χ0v) is 28.5. The maximum absolute atomic E-state index is 2.46. The van der Waals surface area contributed by atoms with Gasteiger partial charge in [-0.2, -0.15) is 0 Å². The molecule has 3 aliphatic carbocycles. The average Bonchev–Trinajstić information content (AvgIpc) is 3.84. The molecule has 12 rings (SSSR count). The van der Waals surface area contributed by atoms with Crippen molar-refractivity contribution in [3.63, 3.8) is 0 Å². The van der Waals surface area contributed by atoms with E-state index in [0.29, 0.717) is 0 Å². The van der Waals surface area contributed by atoms with E-state index in [9.17, 15) is 0 Å². The Morgan fingerprint density at radius 1 is 0.294 bits per heavy atom. The number of hydrogen-bond acceptors (Lipinski definition) is 1. The number of hydrogen-bond donors (Lipinski definition) is 0. The zero-order valence-electron chi connectivity index (χ0n) is 27.7. The lowest BCUT2D eigenvalue weighted by Crippen LogP contribution is -2.43. The van der Waals surface area contributed by atoms with Crippen LogP contribution in [0.3, 0.4) is 0 Å². The average molecular weight is 663 g/mol. The largest absolute Gasteiger partial charge is 0.135 e. The van der Waals surface area contributed by atoms with Crippen molar-refractivity contribution in [2.45, 2.75) is 10.8 Å². The van der Waals surface area contributed by atoms with Gasteiger partial charge >= 0.3 is 0 Å². The fourth-order valence-corrected chi connectivity index (χ4v) is 11.7. The molecule has 1 spiro atoms. The quantitative estimate of drug-likeness (QED) is 0.173. The lowest BCUT2D eigenvalue weighted by Gasteiger charge is -2.48. The Morgan fingerprint density at radius 2 is 0.765 bits per heavy atom. The summed E-state index contributed by atoms with van der Waals surface area (Å²) >= 11 is 1.92. The van der Waals surface area contributed by atoms with Gasteiger partial charge < -0.3 is 0 Å². The minimum Gasteiger partial charge on any atom is -0.135 e. The molecule has 8 aromatic carbocycles. The topological polar surface area (TPSA) is 0 Å². The Morgan fingerprint density at radius 3 is 1.53 bits per heavy atom. The molecule has 51 heavy (non-hydrogen) atoms. The fourth-order valence-electron chi connectivity index (χ4n) is 10.5. The monoisotopic (exact) mass is 662 g/mol. The molecule has 0 aliphatic heterocycles. The van der Waals surface area contributed by atoms with Crippen molar-refractivity contribution < 1.29 is 0 Å². The van der Waals surface area contributed by atoms with Crippen LogP contribution in [0.4, 0.5) is 0 Å². The molecule has 0 saturated carbocycles. The summed E-state index contributed by atoms with van der Waals surface area (Å²) in [7, 11) is 0. The Labute approximate surface area is 300 Å². The second-order valence-electron chi connectivity index (χ2n) is 14.2. The van der Waals surface area contributed by atoms with E-state index in [0.717, 1.165) is 0 Å². The Bertz CT molecular complexity index is 2930. The van der Waals surface area contributed by atoms with E-state index in [2.05, 4.69) is 182 Å². The number of benzene rings is 8. The summed E-state index contributed by atoms with van der Waals surface area (Å²) in [5.74, 6) is 0. The highest BCUT2D eigenvalue weighted by atomic mass is 32.1. The van der Waals surface area contributed by atoms with Crippen molar-refractivity contribution >= 4 is 31.5 Å². The van der Waals surface area contributed by atoms with Crippen LogP contribution in [0.2, 0.25) is 0 Å². The molecule has 1 aromatic heterocycles. The summed E-state index contributed by atoms with van der Waals surface area (Å²) in [4.78, 5) is 0. The zero-order chi connectivity index (χ0) is 33.3. The molecule has 9 aromatic rings. The van der Waals surface area contributed by atoms with Crippen LogP contribution in [0, 0.1) is 0 Å². The Hall–Kier alpha value is -6.02. The first-order valence-electron chi connectivity index (χ1n) is 17.9. The lowest BCUT2D eigenvalue weighted by atomic mass is 9.52. The van der Waals surface area contributed by atoms with Crippen molar-refractivity contribution in [2.24, 2.45) is 0 Å². The lowest BCUT2D eigenvalue weighted by molar-refractivity contribution is 0.637. The third kappa shape index (κ3) is 3.19. The molecule has 0 amide bonds. The molecule has 2 atom stereocenters. The number of rotatable bonds is 2. The smallest absolute Gasteiger partial charge is 0.0726 e. The van der Waals surface area contributed by atoms with E-state index >= 15 is 0 Å². The third-order valence-corrected chi connectivity index (χ3v) is 13.4. The Kier molecular flexibility index (Phi) is 5.34. The number of fused-ring (bicyclic) bond motifs is 15. The van der Waals surface area contributed by atoms with Crippen LogP contribution >= 0.6 is 11.3 Å². The van der Waals surface area contributed by atoms with E-state index in [1.54, 1.807) is 0 Å². The van der Waals surface area contributed by atoms with Gasteiger partial charge in [-0.3, -0.25) is 0 Å². The van der Waals surface area contributed by atoms with Crippen molar-refractivity contribution in [1.29, 1.82) is 0 Å². The van der Waals surface area contributed by atoms with Gasteiger partial charge in [0.1, 0.15) is 0 Å². The maximum Gasteiger partial charge on any atom is 0.0726 e. The van der Waals surface area contributed by atoms with Crippen LogP contribution in [0.1, 0.15) is 44.5 Å². The first kappa shape index (κ1) is 27.8. The predicted octanol–water partition coefficient (Wildman–Crippen LogP) is 12.8. The molecular weight excluding hydrogens is 633 g/mol. The van der Waals surface area contributed by atoms with E-state index in [4.69, 9.17) is 0 Å². The molecule has 0 bridgehead atoms. The van der Waals surface area contributed by atoms with Crippen molar-refractivity contribution in [3.8, 4) is 33.4 Å². The maximum atomic E-state index is 2.46. The highest BCUT2D eigenvalue weighted by Gasteiger charge is 2.60. The molecule has 0 nitrogen and oxygen atoms in total. The predicted molar refractivity (Wildman–Crippen MR) is 213 cm³/mol. The molecule has 2 unspecified atom stereocenters. The summed E-state index contributed by atoms with van der Waals surface area (Å²) in [6, 6.07) is 69.0. The van der Waals surface area contributed by atoms with E-state index in [-0.39, 0.29) is 0 Å². The van der Waals surface area contributed by atoms with Gasteiger partial charge in [-0.05, 0) is 84.0 Å². The Balaban J connectivity index is 1.29. The van der Waals surface area contributed by atoms with Gasteiger partial charge in [-0.25, -0.2) is 0 Å². The van der Waals surface area contributed by atoms with Gasteiger partial charge in [0.25, 0.3) is 0 Å². The molecular formula is C50H30S. The standard InChI is InChI=1S/C50H30S/c1-2-15-31(16-3-1)49-40-25-7-4-18-33(40)36-22-14-29-44(47(36)49)50(43-28-10-9-27-42(43)49)41-26-8-5-17-32(41)35-20-12-21-37(46(35)50)39-24-13-23-38-34-19-6-11-30-45(34)51-48(38)39/h1-30H. The van der Waals surface area contributed by atoms with Gasteiger partial charge in [0.05, 0.1) is 10.8 Å². The summed E-state index contributed by atoms with van der Waals surface area (Å²) in [5.41, 5.74) is 18.0. The van der Waals surface area contributed by atoms with Crippen molar-refractivity contribution in [1.82, 2.24) is 0 Å². The number of thiophene rings is 1. The highest BCUT2D eigenvalue weighted by molar-refractivity contribution is 7.26. The SMILES string of the molecule is c1ccc(C23c4ccccc4-c4cccc(c42)C2(c4ccccc4-c4cccc(-c5cccc6c5sc5ccccc56)c42)c2ccccc23)cc1. The van der Waals surface area contributed by atoms with Crippen LogP contribution in [0.5, 0.6) is 0 Å². The molecule has 1 heterocycles. The molecule has 0 N–H and O–H groups in total. The molecule has 0 radical (unpaired) electrons. The summed E-state index contributed by atoms with van der Waals surface area (Å²) in [6.07, 6.45) is 0.